The van der Waals surface area contributed by atoms with Gasteiger partial charge in [0.1, 0.15) is 0 Å². The van der Waals surface area contributed by atoms with E-state index in [0.717, 1.165) is 10.9 Å². The first-order valence-corrected chi connectivity index (χ1v) is 7.94. The van der Waals surface area contributed by atoms with Crippen LogP contribution in [-0.4, -0.2) is 0 Å². The SMILES string of the molecule is Cc1cccc(CC(NN)c2cc(I)ccc2Br)c1. The maximum absolute atomic E-state index is 5.74. The Balaban J connectivity index is 2.27. The summed E-state index contributed by atoms with van der Waals surface area (Å²) in [6, 6.07) is 14.9. The molecule has 0 aliphatic carbocycles. The molecule has 0 aromatic heterocycles. The minimum absolute atomic E-state index is 0.103. The number of rotatable bonds is 4. The second-order valence-corrected chi connectivity index (χ2v) is 6.68. The van der Waals surface area contributed by atoms with E-state index < -0.39 is 0 Å². The topological polar surface area (TPSA) is 38.0 Å². The summed E-state index contributed by atoms with van der Waals surface area (Å²) in [7, 11) is 0. The fourth-order valence-electron chi connectivity index (χ4n) is 2.12. The Bertz CT molecular complexity index is 572. The number of hydrogen-bond donors (Lipinski definition) is 2. The minimum Gasteiger partial charge on any atom is -0.271 e. The Morgan fingerprint density at radius 1 is 1.26 bits per heavy atom. The van der Waals surface area contributed by atoms with Crippen molar-refractivity contribution in [2.45, 2.75) is 19.4 Å². The molecule has 0 spiro atoms. The van der Waals surface area contributed by atoms with Gasteiger partial charge in [0.2, 0.25) is 0 Å². The number of hydrazine groups is 1. The summed E-state index contributed by atoms with van der Waals surface area (Å²) >= 11 is 5.92. The van der Waals surface area contributed by atoms with Crippen molar-refractivity contribution >= 4 is 38.5 Å². The lowest BCUT2D eigenvalue weighted by atomic mass is 9.98. The van der Waals surface area contributed by atoms with Crippen molar-refractivity contribution in [2.24, 2.45) is 5.84 Å². The van der Waals surface area contributed by atoms with Crippen molar-refractivity contribution in [3.63, 3.8) is 0 Å². The second kappa shape index (κ2) is 6.83. The molecule has 0 fully saturated rings. The third-order valence-electron chi connectivity index (χ3n) is 3.06. The number of nitrogens with one attached hydrogen (secondary N) is 1. The van der Waals surface area contributed by atoms with Gasteiger partial charge in [-0.25, -0.2) is 0 Å². The molecule has 1 unspecified atom stereocenters. The lowest BCUT2D eigenvalue weighted by molar-refractivity contribution is 0.549. The van der Waals surface area contributed by atoms with Crippen LogP contribution >= 0.6 is 38.5 Å². The molecule has 3 N–H and O–H groups in total. The second-order valence-electron chi connectivity index (χ2n) is 4.58. The van der Waals surface area contributed by atoms with Gasteiger partial charge in [-0.1, -0.05) is 45.8 Å². The number of halogens is 2. The van der Waals surface area contributed by atoms with Crippen LogP contribution in [0.25, 0.3) is 0 Å². The van der Waals surface area contributed by atoms with Crippen LogP contribution in [0.5, 0.6) is 0 Å². The van der Waals surface area contributed by atoms with E-state index in [1.165, 1.54) is 20.3 Å². The van der Waals surface area contributed by atoms with Gasteiger partial charge in [0.05, 0.1) is 6.04 Å². The van der Waals surface area contributed by atoms with E-state index in [9.17, 15) is 0 Å². The van der Waals surface area contributed by atoms with Crippen LogP contribution < -0.4 is 11.3 Å². The molecule has 19 heavy (non-hydrogen) atoms. The average molecular weight is 431 g/mol. The summed E-state index contributed by atoms with van der Waals surface area (Å²) in [5.41, 5.74) is 6.67. The van der Waals surface area contributed by atoms with Crippen molar-refractivity contribution < 1.29 is 0 Å². The summed E-state index contributed by atoms with van der Waals surface area (Å²) < 4.78 is 2.30. The van der Waals surface area contributed by atoms with Gasteiger partial charge in [-0.15, -0.1) is 0 Å². The van der Waals surface area contributed by atoms with E-state index in [4.69, 9.17) is 5.84 Å². The summed E-state index contributed by atoms with van der Waals surface area (Å²) in [5.74, 6) is 5.74. The average Bonchev–Trinajstić information content (AvgIpc) is 2.39. The van der Waals surface area contributed by atoms with Crippen LogP contribution in [0.3, 0.4) is 0 Å². The highest BCUT2D eigenvalue weighted by Crippen LogP contribution is 2.27. The first-order valence-electron chi connectivity index (χ1n) is 6.07. The highest BCUT2D eigenvalue weighted by molar-refractivity contribution is 14.1. The van der Waals surface area contributed by atoms with Crippen molar-refractivity contribution in [3.05, 3.63) is 67.2 Å². The van der Waals surface area contributed by atoms with Gasteiger partial charge in [-0.2, -0.15) is 0 Å². The molecule has 1 atom stereocenters. The van der Waals surface area contributed by atoms with Crippen LogP contribution in [0.1, 0.15) is 22.7 Å². The smallest absolute Gasteiger partial charge is 0.0511 e. The van der Waals surface area contributed by atoms with E-state index in [1.807, 2.05) is 0 Å². The summed E-state index contributed by atoms with van der Waals surface area (Å²) in [6.45, 7) is 2.11. The van der Waals surface area contributed by atoms with E-state index in [-0.39, 0.29) is 6.04 Å². The Hall–Kier alpha value is -0.430. The Morgan fingerprint density at radius 3 is 2.74 bits per heavy atom. The molecule has 2 aromatic rings. The molecular weight excluding hydrogens is 415 g/mol. The van der Waals surface area contributed by atoms with Crippen molar-refractivity contribution in [1.82, 2.24) is 5.43 Å². The predicted octanol–water partition coefficient (Wildman–Crippen LogP) is 4.11. The normalized spacial score (nSPS) is 12.4. The van der Waals surface area contributed by atoms with Crippen molar-refractivity contribution in [1.29, 1.82) is 0 Å². The van der Waals surface area contributed by atoms with Crippen LogP contribution in [0.4, 0.5) is 0 Å². The standard InChI is InChI=1S/C15H16BrIN2/c1-10-3-2-4-11(7-10)8-15(19-18)13-9-12(17)5-6-14(13)16/h2-7,9,15,19H,8,18H2,1H3. The monoisotopic (exact) mass is 430 g/mol. The van der Waals surface area contributed by atoms with Gasteiger partial charge in [-0.05, 0) is 65.3 Å². The molecule has 2 nitrogen and oxygen atoms in total. The van der Waals surface area contributed by atoms with Crippen LogP contribution in [-0.2, 0) is 6.42 Å². The van der Waals surface area contributed by atoms with Gasteiger partial charge in [0.25, 0.3) is 0 Å². The van der Waals surface area contributed by atoms with Crippen LogP contribution in [0.2, 0.25) is 0 Å². The third kappa shape index (κ3) is 4.02. The largest absolute Gasteiger partial charge is 0.271 e. The molecular formula is C15H16BrIN2. The Morgan fingerprint density at radius 2 is 2.05 bits per heavy atom. The molecule has 100 valence electrons. The highest BCUT2D eigenvalue weighted by atomic mass is 127. The van der Waals surface area contributed by atoms with E-state index in [1.54, 1.807) is 0 Å². The predicted molar refractivity (Wildman–Crippen MR) is 91.8 cm³/mol. The van der Waals surface area contributed by atoms with Gasteiger partial charge in [-0.3, -0.25) is 11.3 Å². The number of hydrogen-bond acceptors (Lipinski definition) is 2. The molecule has 0 heterocycles. The van der Waals surface area contributed by atoms with Gasteiger partial charge in [0, 0.05) is 8.04 Å². The molecule has 0 radical (unpaired) electrons. The van der Waals surface area contributed by atoms with Gasteiger partial charge in [0.15, 0.2) is 0 Å². The van der Waals surface area contributed by atoms with Gasteiger partial charge < -0.3 is 0 Å². The zero-order valence-electron chi connectivity index (χ0n) is 10.7. The maximum atomic E-state index is 5.74. The molecule has 0 aliphatic heterocycles. The van der Waals surface area contributed by atoms with Gasteiger partial charge >= 0.3 is 0 Å². The number of nitrogens with two attached hydrogens (primary N) is 1. The zero-order valence-corrected chi connectivity index (χ0v) is 14.4. The molecule has 0 aliphatic rings. The van der Waals surface area contributed by atoms with Crippen LogP contribution in [0, 0.1) is 10.5 Å². The highest BCUT2D eigenvalue weighted by Gasteiger charge is 2.14. The van der Waals surface area contributed by atoms with E-state index >= 15 is 0 Å². The summed E-state index contributed by atoms with van der Waals surface area (Å²) in [5, 5.41) is 0. The van der Waals surface area contributed by atoms with Crippen molar-refractivity contribution in [3.8, 4) is 0 Å². The van der Waals surface area contributed by atoms with Crippen LogP contribution in [0.15, 0.2) is 46.9 Å². The quantitative estimate of drug-likeness (QED) is 0.435. The molecule has 0 saturated heterocycles. The molecule has 2 aromatic carbocycles. The fraction of sp³-hybridized carbons (Fsp3) is 0.200. The first kappa shape index (κ1) is 15.0. The number of aryl methyl sites for hydroxylation is 1. The van der Waals surface area contributed by atoms with E-state index in [0.29, 0.717) is 0 Å². The molecule has 0 amide bonds. The summed E-state index contributed by atoms with van der Waals surface area (Å²) in [4.78, 5) is 0. The molecule has 2 rings (SSSR count). The first-order chi connectivity index (χ1) is 9.10. The fourth-order valence-corrected chi connectivity index (χ4v) is 3.15. The van der Waals surface area contributed by atoms with Crippen molar-refractivity contribution in [2.75, 3.05) is 0 Å². The Kier molecular flexibility index (Phi) is 5.38. The zero-order chi connectivity index (χ0) is 13.8. The lowest BCUT2D eigenvalue weighted by Crippen LogP contribution is -2.30. The number of benzene rings is 2. The molecule has 4 heteroatoms. The molecule has 0 saturated carbocycles. The minimum atomic E-state index is 0.103. The lowest BCUT2D eigenvalue weighted by Gasteiger charge is -2.18. The molecule has 0 bridgehead atoms. The third-order valence-corrected chi connectivity index (χ3v) is 4.45. The summed E-state index contributed by atoms with van der Waals surface area (Å²) in [6.07, 6.45) is 0.872. The maximum Gasteiger partial charge on any atom is 0.0511 e. The van der Waals surface area contributed by atoms with E-state index in [2.05, 4.69) is 93.3 Å². The Labute approximate surface area is 136 Å².